The highest BCUT2D eigenvalue weighted by Gasteiger charge is 2.24. The van der Waals surface area contributed by atoms with Crippen LogP contribution in [0.1, 0.15) is 26.5 Å². The summed E-state index contributed by atoms with van der Waals surface area (Å²) in [5, 5.41) is 8.46. The number of imidazole rings is 1. The minimum absolute atomic E-state index is 0.196. The molecule has 0 bridgehead atoms. The first-order valence-corrected chi connectivity index (χ1v) is 7.86. The molecule has 4 rings (SSSR count). The van der Waals surface area contributed by atoms with Gasteiger partial charge in [0.05, 0.1) is 22.8 Å². The molecule has 0 radical (unpaired) electrons. The van der Waals surface area contributed by atoms with E-state index < -0.39 is 5.82 Å². The molecule has 4 aromatic rings. The van der Waals surface area contributed by atoms with E-state index in [-0.39, 0.29) is 11.0 Å². The Morgan fingerprint density at radius 3 is 2.68 bits per heavy atom. The first-order valence-electron chi connectivity index (χ1n) is 7.86. The number of nitrogens with zero attached hydrogens (tertiary/aromatic N) is 6. The fraction of sp³-hybridized carbons (Fsp3) is 0.294. The Labute approximate surface area is 142 Å². The lowest BCUT2D eigenvalue weighted by atomic mass is 9.93. The monoisotopic (exact) mass is 340 g/mol. The van der Waals surface area contributed by atoms with Crippen LogP contribution < -0.4 is 5.56 Å². The van der Waals surface area contributed by atoms with Crippen LogP contribution in [0.3, 0.4) is 0 Å². The maximum atomic E-state index is 13.6. The van der Waals surface area contributed by atoms with Crippen molar-refractivity contribution in [2.75, 3.05) is 0 Å². The van der Waals surface area contributed by atoms with E-state index in [1.807, 2.05) is 0 Å². The van der Waals surface area contributed by atoms with Crippen LogP contribution >= 0.6 is 0 Å². The molecule has 25 heavy (non-hydrogen) atoms. The van der Waals surface area contributed by atoms with E-state index in [9.17, 15) is 9.18 Å². The maximum absolute atomic E-state index is 13.6. The molecule has 128 valence electrons. The van der Waals surface area contributed by atoms with Gasteiger partial charge in [0.25, 0.3) is 5.56 Å². The predicted octanol–water partition coefficient (Wildman–Crippen LogP) is 2.20. The molecule has 0 aliphatic rings. The van der Waals surface area contributed by atoms with Crippen molar-refractivity contribution in [1.29, 1.82) is 0 Å². The van der Waals surface area contributed by atoms with Crippen molar-refractivity contribution in [3.8, 4) is 5.82 Å². The van der Waals surface area contributed by atoms with Gasteiger partial charge in [0.15, 0.2) is 11.5 Å². The second kappa shape index (κ2) is 4.98. The van der Waals surface area contributed by atoms with Crippen molar-refractivity contribution >= 4 is 16.6 Å². The van der Waals surface area contributed by atoms with Crippen LogP contribution in [0, 0.1) is 5.82 Å². The molecule has 3 aromatic heterocycles. The Hall–Kier alpha value is -3.03. The second-order valence-corrected chi connectivity index (χ2v) is 7.07. The highest BCUT2D eigenvalue weighted by atomic mass is 19.1. The van der Waals surface area contributed by atoms with E-state index in [1.54, 1.807) is 34.7 Å². The summed E-state index contributed by atoms with van der Waals surface area (Å²) in [7, 11) is 1.64. The molecule has 0 amide bonds. The van der Waals surface area contributed by atoms with E-state index >= 15 is 0 Å². The van der Waals surface area contributed by atoms with Gasteiger partial charge in [-0.1, -0.05) is 26.0 Å². The molecule has 0 atom stereocenters. The van der Waals surface area contributed by atoms with Gasteiger partial charge in [0.1, 0.15) is 12.1 Å². The highest BCUT2D eigenvalue weighted by molar-refractivity contribution is 5.82. The number of fused-ring (bicyclic) bond motifs is 3. The third-order valence-electron chi connectivity index (χ3n) is 4.31. The van der Waals surface area contributed by atoms with Crippen molar-refractivity contribution in [1.82, 2.24) is 28.9 Å². The third kappa shape index (κ3) is 2.17. The Kier molecular flexibility index (Phi) is 3.09. The molecule has 8 heteroatoms. The quantitative estimate of drug-likeness (QED) is 0.533. The zero-order valence-electron chi connectivity index (χ0n) is 14.4. The van der Waals surface area contributed by atoms with Crippen LogP contribution in [0.2, 0.25) is 0 Å². The summed E-state index contributed by atoms with van der Waals surface area (Å²) in [6.07, 6.45) is 3.30. The lowest BCUT2D eigenvalue weighted by molar-refractivity contribution is 0.540. The van der Waals surface area contributed by atoms with E-state index in [0.717, 1.165) is 5.69 Å². The fourth-order valence-corrected chi connectivity index (χ4v) is 3.04. The first kappa shape index (κ1) is 15.5. The highest BCUT2D eigenvalue weighted by Crippen LogP contribution is 2.25. The zero-order chi connectivity index (χ0) is 17.9. The van der Waals surface area contributed by atoms with Gasteiger partial charge in [-0.2, -0.15) is 4.68 Å². The lowest BCUT2D eigenvalue weighted by Crippen LogP contribution is -2.22. The molecular weight excluding hydrogens is 323 g/mol. The zero-order valence-corrected chi connectivity index (χ0v) is 14.4. The number of hydrogen-bond acceptors (Lipinski definition) is 4. The molecule has 0 spiro atoms. The number of aromatic nitrogens is 6. The smallest absolute Gasteiger partial charge is 0.261 e. The van der Waals surface area contributed by atoms with Crippen molar-refractivity contribution in [2.24, 2.45) is 7.05 Å². The van der Waals surface area contributed by atoms with E-state index in [2.05, 4.69) is 36.1 Å². The number of hydrogen-bond donors (Lipinski definition) is 0. The van der Waals surface area contributed by atoms with Crippen molar-refractivity contribution in [3.05, 3.63) is 52.6 Å². The lowest BCUT2D eigenvalue weighted by Gasteiger charge is -2.18. The van der Waals surface area contributed by atoms with E-state index in [4.69, 9.17) is 0 Å². The molecule has 0 aliphatic heterocycles. The first-order chi connectivity index (χ1) is 11.8. The molecule has 0 aliphatic carbocycles. The van der Waals surface area contributed by atoms with Crippen LogP contribution in [0.4, 0.5) is 4.39 Å². The molecule has 0 saturated carbocycles. The summed E-state index contributed by atoms with van der Waals surface area (Å²) >= 11 is 0. The largest absolute Gasteiger partial charge is 0.294 e. The molecule has 0 fully saturated rings. The van der Waals surface area contributed by atoms with E-state index in [0.29, 0.717) is 22.4 Å². The molecule has 1 aromatic carbocycles. The van der Waals surface area contributed by atoms with E-state index in [1.165, 1.54) is 16.7 Å². The Morgan fingerprint density at radius 2 is 1.96 bits per heavy atom. The number of rotatable bonds is 1. The molecule has 0 N–H and O–H groups in total. The Bertz CT molecular complexity index is 1180. The predicted molar refractivity (Wildman–Crippen MR) is 91.5 cm³/mol. The van der Waals surface area contributed by atoms with Crippen LogP contribution in [0.5, 0.6) is 0 Å². The Morgan fingerprint density at radius 1 is 1.20 bits per heavy atom. The summed E-state index contributed by atoms with van der Waals surface area (Å²) in [4.78, 5) is 17.2. The maximum Gasteiger partial charge on any atom is 0.261 e. The summed E-state index contributed by atoms with van der Waals surface area (Å²) in [5.74, 6) is 0.0591. The van der Waals surface area contributed by atoms with Gasteiger partial charge in [0.2, 0.25) is 0 Å². The van der Waals surface area contributed by atoms with Gasteiger partial charge in [-0.15, -0.1) is 5.10 Å². The SMILES string of the molecule is Cn1c(=O)c2cc(F)ccc2n2cnc(-n3nncc3C(C)(C)C)c12. The van der Waals surface area contributed by atoms with Crippen LogP contribution in [-0.2, 0) is 12.5 Å². The van der Waals surface area contributed by atoms with Crippen molar-refractivity contribution in [2.45, 2.75) is 26.2 Å². The summed E-state index contributed by atoms with van der Waals surface area (Å²) in [5.41, 5.74) is 1.55. The number of halogens is 1. The minimum Gasteiger partial charge on any atom is -0.294 e. The Balaban J connectivity index is 2.13. The molecular formula is C17H17FN6O. The van der Waals surface area contributed by atoms with Gasteiger partial charge in [0, 0.05) is 12.5 Å². The minimum atomic E-state index is -0.449. The van der Waals surface area contributed by atoms with Gasteiger partial charge < -0.3 is 0 Å². The molecule has 3 heterocycles. The van der Waals surface area contributed by atoms with Crippen LogP contribution in [-0.4, -0.2) is 28.9 Å². The average Bonchev–Trinajstić information content (AvgIpc) is 3.18. The van der Waals surface area contributed by atoms with Gasteiger partial charge in [-0.05, 0) is 18.2 Å². The van der Waals surface area contributed by atoms with Crippen LogP contribution in [0.25, 0.3) is 22.4 Å². The molecule has 0 saturated heterocycles. The molecule has 0 unspecified atom stereocenters. The van der Waals surface area contributed by atoms with Gasteiger partial charge in [-0.3, -0.25) is 13.8 Å². The fourth-order valence-electron chi connectivity index (χ4n) is 3.04. The van der Waals surface area contributed by atoms with Gasteiger partial charge in [-0.25, -0.2) is 9.37 Å². The standard InChI is InChI=1S/C17H17FN6O/c1-17(2,3)13-8-20-21-24(13)14-15-22(4)16(25)11-7-10(18)5-6-12(11)23(15)9-19-14/h5-9H,1-4H3. The summed E-state index contributed by atoms with van der Waals surface area (Å²) < 4.78 is 18.4. The number of aryl methyl sites for hydroxylation is 1. The molecule has 7 nitrogen and oxygen atoms in total. The van der Waals surface area contributed by atoms with Crippen molar-refractivity contribution in [3.63, 3.8) is 0 Å². The third-order valence-corrected chi connectivity index (χ3v) is 4.31. The van der Waals surface area contributed by atoms with Gasteiger partial charge >= 0.3 is 0 Å². The average molecular weight is 340 g/mol. The summed E-state index contributed by atoms with van der Waals surface area (Å²) in [6.45, 7) is 6.16. The van der Waals surface area contributed by atoms with Crippen LogP contribution in [0.15, 0.2) is 35.5 Å². The topological polar surface area (TPSA) is 70.0 Å². The second-order valence-electron chi connectivity index (χ2n) is 7.07. The summed E-state index contributed by atoms with van der Waals surface area (Å²) in [6, 6.07) is 4.15. The normalized spacial score (nSPS) is 12.4. The number of benzene rings is 1. The van der Waals surface area contributed by atoms with Crippen molar-refractivity contribution < 1.29 is 4.39 Å².